The molecule has 0 aliphatic carbocycles. The number of amides is 3. The third-order valence-corrected chi connectivity index (χ3v) is 3.34. The summed E-state index contributed by atoms with van der Waals surface area (Å²) in [5, 5.41) is 15.7. The number of benzene rings is 1. The van der Waals surface area contributed by atoms with Crippen LogP contribution in [0.15, 0.2) is 30.3 Å². The van der Waals surface area contributed by atoms with Gasteiger partial charge in [0.25, 0.3) is 0 Å². The van der Waals surface area contributed by atoms with Crippen LogP contribution in [0.25, 0.3) is 0 Å². The van der Waals surface area contributed by atoms with Crippen LogP contribution in [0, 0.1) is 0 Å². The van der Waals surface area contributed by atoms with E-state index >= 15 is 0 Å². The van der Waals surface area contributed by atoms with E-state index < -0.39 is 30.2 Å². The number of hydrogen-bond donors (Lipinski definition) is 4. The fourth-order valence-electron chi connectivity index (χ4n) is 1.92. The van der Waals surface area contributed by atoms with Crippen LogP contribution in [0.2, 0.25) is 0 Å². The Morgan fingerprint density at radius 1 is 1.00 bits per heavy atom. The molecule has 0 aromatic heterocycles. The monoisotopic (exact) mass is 349 g/mol. The highest BCUT2D eigenvalue weighted by Gasteiger charge is 2.16. The predicted molar refractivity (Wildman–Crippen MR) is 90.5 cm³/mol. The summed E-state index contributed by atoms with van der Waals surface area (Å²) < 4.78 is 0. The van der Waals surface area contributed by atoms with E-state index in [1.54, 1.807) is 0 Å². The molecule has 0 heterocycles. The number of carbonyl (C=O) groups excluding carboxylic acids is 4. The van der Waals surface area contributed by atoms with Gasteiger partial charge in [-0.1, -0.05) is 30.3 Å². The first-order valence-electron chi connectivity index (χ1n) is 7.92. The van der Waals surface area contributed by atoms with Crippen LogP contribution < -0.4 is 16.0 Å². The zero-order valence-electron chi connectivity index (χ0n) is 14.1. The van der Waals surface area contributed by atoms with Gasteiger partial charge in [0.2, 0.25) is 17.7 Å². The Morgan fingerprint density at radius 2 is 1.68 bits per heavy atom. The van der Waals surface area contributed by atoms with Crippen molar-refractivity contribution < 1.29 is 24.3 Å². The molecule has 1 rings (SSSR count). The molecule has 0 radical (unpaired) electrons. The molecular formula is C17H23N3O5. The number of ketones is 1. The van der Waals surface area contributed by atoms with E-state index in [9.17, 15) is 19.2 Å². The van der Waals surface area contributed by atoms with Crippen molar-refractivity contribution in [1.29, 1.82) is 0 Å². The van der Waals surface area contributed by atoms with Crippen molar-refractivity contribution in [2.75, 3.05) is 19.7 Å². The molecule has 0 saturated carbocycles. The average Bonchev–Trinajstić information content (AvgIpc) is 2.63. The molecule has 3 amide bonds. The van der Waals surface area contributed by atoms with Crippen molar-refractivity contribution in [2.24, 2.45) is 0 Å². The fraction of sp³-hybridized carbons (Fsp3) is 0.412. The van der Waals surface area contributed by atoms with Crippen LogP contribution in [0.4, 0.5) is 0 Å². The summed E-state index contributed by atoms with van der Waals surface area (Å²) in [7, 11) is 0. The second-order valence-electron chi connectivity index (χ2n) is 5.47. The Hall–Kier alpha value is -2.74. The van der Waals surface area contributed by atoms with E-state index in [0.29, 0.717) is 6.42 Å². The smallest absolute Gasteiger partial charge is 0.242 e. The first-order chi connectivity index (χ1) is 11.9. The van der Waals surface area contributed by atoms with Crippen LogP contribution in [0.5, 0.6) is 0 Å². The summed E-state index contributed by atoms with van der Waals surface area (Å²) in [6.07, 6.45) is 0.836. The van der Waals surface area contributed by atoms with E-state index in [4.69, 9.17) is 5.11 Å². The van der Waals surface area contributed by atoms with Gasteiger partial charge in [-0.2, -0.15) is 0 Å². The molecule has 0 bridgehead atoms. The van der Waals surface area contributed by atoms with Gasteiger partial charge in [0, 0.05) is 6.42 Å². The molecule has 8 nitrogen and oxygen atoms in total. The molecule has 0 spiro atoms. The number of aryl methyl sites for hydroxylation is 1. The maximum absolute atomic E-state index is 11.7. The lowest BCUT2D eigenvalue weighted by Crippen LogP contribution is -2.48. The van der Waals surface area contributed by atoms with Gasteiger partial charge in [0.15, 0.2) is 5.78 Å². The normalized spacial score (nSPS) is 11.3. The van der Waals surface area contributed by atoms with Crippen molar-refractivity contribution in [3.63, 3.8) is 0 Å². The second kappa shape index (κ2) is 10.9. The molecule has 0 saturated heterocycles. The molecule has 136 valence electrons. The number of aliphatic hydroxyl groups is 1. The van der Waals surface area contributed by atoms with Crippen LogP contribution in [0.1, 0.15) is 18.9 Å². The Labute approximate surface area is 146 Å². The van der Waals surface area contributed by atoms with Crippen LogP contribution in [0.3, 0.4) is 0 Å². The zero-order chi connectivity index (χ0) is 18.7. The molecular weight excluding hydrogens is 326 g/mol. The SMILES string of the molecule is C[C@H](NC(=O)CNC(=O)CCc1ccccc1)C(=O)NCC(=O)CO. The van der Waals surface area contributed by atoms with Crippen LogP contribution in [-0.2, 0) is 25.6 Å². The van der Waals surface area contributed by atoms with Crippen molar-refractivity contribution in [1.82, 2.24) is 16.0 Å². The summed E-state index contributed by atoms with van der Waals surface area (Å²) in [4.78, 5) is 46.0. The first-order valence-corrected chi connectivity index (χ1v) is 7.92. The molecule has 0 fully saturated rings. The minimum Gasteiger partial charge on any atom is -0.389 e. The lowest BCUT2D eigenvalue weighted by atomic mass is 10.1. The van der Waals surface area contributed by atoms with Crippen molar-refractivity contribution in [3.05, 3.63) is 35.9 Å². The minimum absolute atomic E-state index is 0.235. The number of aliphatic hydroxyl groups excluding tert-OH is 1. The van der Waals surface area contributed by atoms with Crippen molar-refractivity contribution >= 4 is 23.5 Å². The Morgan fingerprint density at radius 3 is 2.32 bits per heavy atom. The van der Waals surface area contributed by atoms with Gasteiger partial charge >= 0.3 is 0 Å². The second-order valence-corrected chi connectivity index (χ2v) is 5.47. The summed E-state index contributed by atoms with van der Waals surface area (Å²) in [5.74, 6) is -1.85. The van der Waals surface area contributed by atoms with E-state index in [1.165, 1.54) is 6.92 Å². The number of rotatable bonds is 10. The molecule has 1 aromatic rings. The van der Waals surface area contributed by atoms with Crippen LogP contribution in [-0.4, -0.2) is 54.3 Å². The summed E-state index contributed by atoms with van der Waals surface area (Å²) >= 11 is 0. The fourth-order valence-corrected chi connectivity index (χ4v) is 1.92. The molecule has 0 unspecified atom stereocenters. The summed E-state index contributed by atoms with van der Waals surface area (Å²) in [6.45, 7) is 0.260. The molecule has 4 N–H and O–H groups in total. The molecule has 0 aliphatic heterocycles. The highest BCUT2D eigenvalue weighted by atomic mass is 16.3. The average molecular weight is 349 g/mol. The van der Waals surface area contributed by atoms with E-state index in [0.717, 1.165) is 5.56 Å². The third-order valence-electron chi connectivity index (χ3n) is 3.34. The Kier molecular flexibility index (Phi) is 8.87. The van der Waals surface area contributed by atoms with Gasteiger partial charge in [0.1, 0.15) is 12.6 Å². The van der Waals surface area contributed by atoms with Crippen molar-refractivity contribution in [3.8, 4) is 0 Å². The molecule has 1 atom stereocenters. The summed E-state index contributed by atoms with van der Waals surface area (Å²) in [5.41, 5.74) is 1.03. The van der Waals surface area contributed by atoms with Gasteiger partial charge in [-0.15, -0.1) is 0 Å². The number of nitrogens with one attached hydrogen (secondary N) is 3. The quantitative estimate of drug-likeness (QED) is 0.428. The largest absolute Gasteiger partial charge is 0.389 e. The van der Waals surface area contributed by atoms with Gasteiger partial charge < -0.3 is 21.1 Å². The number of Topliss-reactive ketones (excluding diaryl/α,β-unsaturated/α-hetero) is 1. The maximum atomic E-state index is 11.7. The number of carbonyl (C=O) groups is 4. The molecule has 0 aliphatic rings. The van der Waals surface area contributed by atoms with E-state index in [1.807, 2.05) is 30.3 Å². The highest BCUT2D eigenvalue weighted by molar-refractivity contribution is 5.92. The van der Waals surface area contributed by atoms with Gasteiger partial charge in [-0.05, 0) is 18.9 Å². The third kappa shape index (κ3) is 8.61. The Bertz CT molecular complexity index is 604. The maximum Gasteiger partial charge on any atom is 0.242 e. The topological polar surface area (TPSA) is 125 Å². The standard InChI is InChI=1S/C17H23N3O5/c1-12(17(25)19-9-14(22)11-21)20-16(24)10-18-15(23)8-7-13-5-3-2-4-6-13/h2-6,12,21H,7-11H2,1H3,(H,18,23)(H,19,25)(H,20,24)/t12-/m0/s1. The zero-order valence-corrected chi connectivity index (χ0v) is 14.1. The van der Waals surface area contributed by atoms with E-state index in [-0.39, 0.29) is 25.4 Å². The lowest BCUT2D eigenvalue weighted by Gasteiger charge is -2.14. The number of hydrogen-bond acceptors (Lipinski definition) is 5. The van der Waals surface area contributed by atoms with Crippen molar-refractivity contribution in [2.45, 2.75) is 25.8 Å². The van der Waals surface area contributed by atoms with Crippen LogP contribution >= 0.6 is 0 Å². The van der Waals surface area contributed by atoms with Gasteiger partial charge in [-0.25, -0.2) is 0 Å². The molecule has 25 heavy (non-hydrogen) atoms. The van der Waals surface area contributed by atoms with E-state index in [2.05, 4.69) is 16.0 Å². The highest BCUT2D eigenvalue weighted by Crippen LogP contribution is 2.01. The first kappa shape index (κ1) is 20.3. The Balaban J connectivity index is 2.23. The van der Waals surface area contributed by atoms with Gasteiger partial charge in [-0.3, -0.25) is 19.2 Å². The lowest BCUT2D eigenvalue weighted by molar-refractivity contribution is -0.130. The predicted octanol–water partition coefficient (Wildman–Crippen LogP) is -1.08. The molecule has 8 heteroatoms. The van der Waals surface area contributed by atoms with Gasteiger partial charge in [0.05, 0.1) is 13.1 Å². The molecule has 1 aromatic carbocycles. The minimum atomic E-state index is -0.861. The summed E-state index contributed by atoms with van der Waals surface area (Å²) in [6, 6.07) is 8.65.